The number of thiophene rings is 1. The quantitative estimate of drug-likeness (QED) is 0.599. The number of benzene rings is 1. The third-order valence-electron chi connectivity index (χ3n) is 3.93. The molecule has 0 fully saturated rings. The van der Waals surface area contributed by atoms with Crippen molar-refractivity contribution in [1.82, 2.24) is 4.57 Å². The van der Waals surface area contributed by atoms with E-state index in [0.29, 0.717) is 22.8 Å². The zero-order chi connectivity index (χ0) is 18.5. The minimum absolute atomic E-state index is 0.246. The van der Waals surface area contributed by atoms with E-state index in [9.17, 15) is 9.59 Å². The van der Waals surface area contributed by atoms with Gasteiger partial charge < -0.3 is 9.30 Å². The van der Waals surface area contributed by atoms with Crippen LogP contribution in [0.5, 0.6) is 0 Å². The Morgan fingerprint density at radius 1 is 1.23 bits per heavy atom. The van der Waals surface area contributed by atoms with E-state index in [1.165, 1.54) is 28.2 Å². The largest absolute Gasteiger partial charge is 0.466 e. The first-order valence-electron chi connectivity index (χ1n) is 8.52. The molecule has 1 amide bonds. The number of esters is 1. The van der Waals surface area contributed by atoms with Crippen LogP contribution < -0.4 is 4.80 Å². The fraction of sp³-hybridized carbons (Fsp3) is 0.316. The maximum absolute atomic E-state index is 12.4. The molecule has 3 aromatic rings. The molecule has 0 aliphatic heterocycles. The van der Waals surface area contributed by atoms with Crippen LogP contribution in [-0.2, 0) is 22.5 Å². The highest BCUT2D eigenvalue weighted by Crippen LogP contribution is 2.20. The van der Waals surface area contributed by atoms with E-state index in [-0.39, 0.29) is 18.3 Å². The van der Waals surface area contributed by atoms with Crippen molar-refractivity contribution in [1.29, 1.82) is 0 Å². The summed E-state index contributed by atoms with van der Waals surface area (Å²) in [5.74, 6) is -0.507. The summed E-state index contributed by atoms with van der Waals surface area (Å²) in [5.41, 5.74) is 2.21. The van der Waals surface area contributed by atoms with E-state index in [0.717, 1.165) is 16.6 Å². The Morgan fingerprint density at radius 3 is 2.77 bits per heavy atom. The first-order valence-corrected chi connectivity index (χ1v) is 10.2. The smallest absolute Gasteiger partial charge is 0.307 e. The van der Waals surface area contributed by atoms with Crippen LogP contribution in [0.4, 0.5) is 0 Å². The van der Waals surface area contributed by atoms with Crippen LogP contribution >= 0.6 is 22.7 Å². The Morgan fingerprint density at radius 2 is 2.08 bits per heavy atom. The van der Waals surface area contributed by atoms with Crippen LogP contribution in [0, 0.1) is 0 Å². The van der Waals surface area contributed by atoms with Crippen molar-refractivity contribution in [3.8, 4) is 0 Å². The van der Waals surface area contributed by atoms with Gasteiger partial charge in [-0.05, 0) is 42.5 Å². The lowest BCUT2D eigenvalue weighted by Crippen LogP contribution is -2.19. The van der Waals surface area contributed by atoms with E-state index in [1.54, 1.807) is 13.0 Å². The molecule has 5 nitrogen and oxygen atoms in total. The van der Waals surface area contributed by atoms with Crippen molar-refractivity contribution in [3.05, 3.63) is 51.0 Å². The van der Waals surface area contributed by atoms with Gasteiger partial charge in [0.2, 0.25) is 0 Å². The van der Waals surface area contributed by atoms with Crippen LogP contribution in [0.3, 0.4) is 0 Å². The third-order valence-corrected chi connectivity index (χ3v) is 5.83. The first kappa shape index (κ1) is 18.5. The molecule has 1 aromatic carbocycles. The summed E-state index contributed by atoms with van der Waals surface area (Å²) in [6.07, 6.45) is 1.19. The molecule has 0 N–H and O–H groups in total. The maximum Gasteiger partial charge on any atom is 0.307 e. The number of ether oxygens (including phenoxy) is 1. The number of amides is 1. The molecule has 0 saturated carbocycles. The number of thiazole rings is 1. The molecule has 26 heavy (non-hydrogen) atoms. The van der Waals surface area contributed by atoms with E-state index < -0.39 is 0 Å². The van der Waals surface area contributed by atoms with Gasteiger partial charge in [0.1, 0.15) is 0 Å². The number of nitrogens with zero attached hydrogens (tertiary/aromatic N) is 2. The summed E-state index contributed by atoms with van der Waals surface area (Å²) in [5, 5.41) is 1.86. The Bertz CT molecular complexity index is 984. The van der Waals surface area contributed by atoms with E-state index in [1.807, 2.05) is 22.1 Å². The van der Waals surface area contributed by atoms with Crippen molar-refractivity contribution in [2.45, 2.75) is 33.2 Å². The molecule has 0 spiro atoms. The molecule has 2 aromatic heterocycles. The number of carbonyl (C=O) groups excluding carboxylic acids is 2. The second kappa shape index (κ2) is 8.42. The number of hydrogen-bond acceptors (Lipinski definition) is 5. The topological polar surface area (TPSA) is 60.7 Å². The van der Waals surface area contributed by atoms with Gasteiger partial charge in [0.15, 0.2) is 4.80 Å². The Kier molecular flexibility index (Phi) is 6.00. The molecular weight excluding hydrogens is 368 g/mol. The fourth-order valence-electron chi connectivity index (χ4n) is 2.62. The lowest BCUT2D eigenvalue weighted by atomic mass is 10.2. The van der Waals surface area contributed by atoms with Crippen molar-refractivity contribution in [3.63, 3.8) is 0 Å². The highest BCUT2D eigenvalue weighted by molar-refractivity contribution is 7.16. The van der Waals surface area contributed by atoms with Crippen molar-refractivity contribution in [2.75, 3.05) is 6.61 Å². The number of aryl methyl sites for hydroxylation is 2. The molecule has 0 saturated heterocycles. The molecule has 0 atom stereocenters. The lowest BCUT2D eigenvalue weighted by Gasteiger charge is -2.06. The van der Waals surface area contributed by atoms with Crippen LogP contribution in [0.1, 0.15) is 35.5 Å². The lowest BCUT2D eigenvalue weighted by molar-refractivity contribution is -0.143. The number of rotatable bonds is 6. The van der Waals surface area contributed by atoms with Crippen molar-refractivity contribution >= 4 is 44.8 Å². The van der Waals surface area contributed by atoms with Gasteiger partial charge in [-0.15, -0.1) is 11.3 Å². The van der Waals surface area contributed by atoms with E-state index >= 15 is 0 Å². The highest BCUT2D eigenvalue weighted by Gasteiger charge is 2.12. The standard InChI is InChI=1S/C19H20N2O3S2/c1-3-13-7-8-14-16(12-13)26-19(20-18(23)15-6-5-11-25-15)21(14)10-9-17(22)24-4-2/h5-8,11-12H,3-4,9-10H2,1-2H3. The average molecular weight is 389 g/mol. The molecule has 3 rings (SSSR count). The summed E-state index contributed by atoms with van der Waals surface area (Å²) in [4.78, 5) is 29.7. The van der Waals surface area contributed by atoms with Crippen molar-refractivity contribution in [2.24, 2.45) is 4.99 Å². The maximum atomic E-state index is 12.4. The summed E-state index contributed by atoms with van der Waals surface area (Å²) in [7, 11) is 0. The van der Waals surface area contributed by atoms with Gasteiger partial charge in [0, 0.05) is 6.54 Å². The molecule has 2 heterocycles. The molecular formula is C19H20N2O3S2. The summed E-state index contributed by atoms with van der Waals surface area (Å²) in [6.45, 7) is 4.69. The molecule has 0 aliphatic carbocycles. The Balaban J connectivity index is 2.03. The normalized spacial score (nSPS) is 11.8. The van der Waals surface area contributed by atoms with Crippen LogP contribution in [0.25, 0.3) is 10.2 Å². The summed E-state index contributed by atoms with van der Waals surface area (Å²) >= 11 is 2.84. The third kappa shape index (κ3) is 4.11. The van der Waals surface area contributed by atoms with Gasteiger partial charge in [-0.3, -0.25) is 9.59 Å². The van der Waals surface area contributed by atoms with Crippen LogP contribution in [0.15, 0.2) is 40.7 Å². The number of hydrogen-bond donors (Lipinski definition) is 0. The van der Waals surface area contributed by atoms with Crippen LogP contribution in [0.2, 0.25) is 0 Å². The predicted molar refractivity (Wildman–Crippen MR) is 105 cm³/mol. The van der Waals surface area contributed by atoms with Gasteiger partial charge in [-0.25, -0.2) is 0 Å². The second-order valence-corrected chi connectivity index (χ2v) is 7.60. The average Bonchev–Trinajstić information content (AvgIpc) is 3.27. The van der Waals surface area contributed by atoms with Gasteiger partial charge in [0.25, 0.3) is 5.91 Å². The number of fused-ring (bicyclic) bond motifs is 1. The van der Waals surface area contributed by atoms with E-state index in [4.69, 9.17) is 4.74 Å². The zero-order valence-electron chi connectivity index (χ0n) is 14.7. The van der Waals surface area contributed by atoms with Gasteiger partial charge in [-0.2, -0.15) is 4.99 Å². The first-order chi connectivity index (χ1) is 12.6. The molecule has 0 aliphatic rings. The molecule has 0 bridgehead atoms. The predicted octanol–water partition coefficient (Wildman–Crippen LogP) is 4.02. The molecule has 0 unspecified atom stereocenters. The second-order valence-electron chi connectivity index (χ2n) is 5.64. The van der Waals surface area contributed by atoms with Gasteiger partial charge >= 0.3 is 5.97 Å². The minimum Gasteiger partial charge on any atom is -0.466 e. The van der Waals surface area contributed by atoms with Crippen LogP contribution in [-0.4, -0.2) is 23.1 Å². The van der Waals surface area contributed by atoms with Gasteiger partial charge in [-0.1, -0.05) is 30.4 Å². The molecule has 0 radical (unpaired) electrons. The zero-order valence-corrected chi connectivity index (χ0v) is 16.4. The molecule has 136 valence electrons. The fourth-order valence-corrected chi connectivity index (χ4v) is 4.34. The highest BCUT2D eigenvalue weighted by atomic mass is 32.1. The Hall–Kier alpha value is -2.25. The van der Waals surface area contributed by atoms with Crippen molar-refractivity contribution < 1.29 is 14.3 Å². The molecule has 7 heteroatoms. The summed E-state index contributed by atoms with van der Waals surface area (Å²) in [6, 6.07) is 9.82. The minimum atomic E-state index is -0.257. The number of aromatic nitrogens is 1. The SMILES string of the molecule is CCOC(=O)CCn1c(=NC(=O)c2cccs2)sc2cc(CC)ccc21. The number of carbonyl (C=O) groups is 2. The van der Waals surface area contributed by atoms with E-state index in [2.05, 4.69) is 24.0 Å². The monoisotopic (exact) mass is 388 g/mol. The Labute approximate surface area is 159 Å². The van der Waals surface area contributed by atoms with Gasteiger partial charge in [0.05, 0.1) is 28.1 Å². The summed E-state index contributed by atoms with van der Waals surface area (Å²) < 4.78 is 8.02.